The van der Waals surface area contributed by atoms with Crippen LogP contribution in [0.3, 0.4) is 0 Å². The Bertz CT molecular complexity index is 829. The Labute approximate surface area is 157 Å². The molecule has 0 heterocycles. The van der Waals surface area contributed by atoms with E-state index in [2.05, 4.69) is 15.8 Å². The summed E-state index contributed by atoms with van der Waals surface area (Å²) in [5.74, 6) is -0.845. The van der Waals surface area contributed by atoms with Gasteiger partial charge in [-0.15, -0.1) is 0 Å². The van der Waals surface area contributed by atoms with Crippen molar-refractivity contribution in [3.05, 3.63) is 59.2 Å². The average molecular weight is 370 g/mol. The van der Waals surface area contributed by atoms with Gasteiger partial charge in [-0.25, -0.2) is 0 Å². The number of aliphatic carboxylic acids is 1. The van der Waals surface area contributed by atoms with Crippen LogP contribution in [0.15, 0.2) is 47.6 Å². The minimum Gasteiger partial charge on any atom is -0.546 e. The van der Waals surface area contributed by atoms with Crippen molar-refractivity contribution in [1.82, 2.24) is 5.43 Å². The number of anilines is 1. The highest BCUT2D eigenvalue weighted by Crippen LogP contribution is 2.19. The van der Waals surface area contributed by atoms with E-state index < -0.39 is 12.6 Å². The number of para-hydroxylation sites is 1. The highest BCUT2D eigenvalue weighted by Gasteiger charge is 2.05. The van der Waals surface area contributed by atoms with Crippen LogP contribution in [0.5, 0.6) is 5.75 Å². The van der Waals surface area contributed by atoms with Gasteiger partial charge in [0.15, 0.2) is 5.11 Å². The molecule has 0 bridgehead atoms. The molecule has 0 fully saturated rings. The molecule has 6 nitrogen and oxygen atoms in total. The second kappa shape index (κ2) is 8.96. The van der Waals surface area contributed by atoms with Crippen molar-refractivity contribution in [2.75, 3.05) is 11.9 Å². The average Bonchev–Trinajstić information content (AvgIpc) is 2.61. The monoisotopic (exact) mass is 370 g/mol. The molecule has 0 saturated heterocycles. The van der Waals surface area contributed by atoms with Gasteiger partial charge >= 0.3 is 0 Å². The fourth-order valence-electron chi connectivity index (χ4n) is 2.31. The summed E-state index contributed by atoms with van der Waals surface area (Å²) < 4.78 is 5.11. The maximum atomic E-state index is 10.5. The maximum Gasteiger partial charge on any atom is 0.191 e. The molecule has 0 aliphatic carbocycles. The molecule has 2 aromatic rings. The van der Waals surface area contributed by atoms with E-state index in [0.717, 1.165) is 22.4 Å². The molecule has 0 radical (unpaired) electrons. The third-order valence-electron chi connectivity index (χ3n) is 3.65. The van der Waals surface area contributed by atoms with Crippen molar-refractivity contribution in [2.45, 2.75) is 20.8 Å². The fourth-order valence-corrected chi connectivity index (χ4v) is 2.45. The summed E-state index contributed by atoms with van der Waals surface area (Å²) in [4.78, 5) is 10.5. The topological polar surface area (TPSA) is 85.8 Å². The number of carboxylic acid groups (broad SMARTS) is 1. The number of hydrogen-bond donors (Lipinski definition) is 2. The van der Waals surface area contributed by atoms with Gasteiger partial charge in [-0.2, -0.15) is 5.10 Å². The van der Waals surface area contributed by atoms with Crippen LogP contribution in [0.2, 0.25) is 0 Å². The van der Waals surface area contributed by atoms with E-state index in [0.29, 0.717) is 16.6 Å². The zero-order valence-electron chi connectivity index (χ0n) is 14.8. The van der Waals surface area contributed by atoms with E-state index in [4.69, 9.17) is 17.0 Å². The number of aryl methyl sites for hydroxylation is 2. The Morgan fingerprint density at radius 3 is 2.50 bits per heavy atom. The van der Waals surface area contributed by atoms with Crippen molar-refractivity contribution < 1.29 is 14.6 Å². The fraction of sp³-hybridized carbons (Fsp3) is 0.211. The van der Waals surface area contributed by atoms with E-state index in [-0.39, 0.29) is 0 Å². The number of benzene rings is 2. The van der Waals surface area contributed by atoms with E-state index in [1.807, 2.05) is 45.0 Å². The number of hydrazone groups is 1. The molecule has 0 aromatic heterocycles. The molecule has 0 atom stereocenters. The second-order valence-electron chi connectivity index (χ2n) is 5.72. The zero-order chi connectivity index (χ0) is 19.1. The lowest BCUT2D eigenvalue weighted by Crippen LogP contribution is -2.29. The minimum atomic E-state index is -1.27. The number of hydrogen-bond acceptors (Lipinski definition) is 5. The third-order valence-corrected chi connectivity index (χ3v) is 3.85. The first kappa shape index (κ1) is 19.4. The number of rotatable bonds is 6. The standard InChI is InChI=1S/C19H21N3O3S/c1-12-6-4-7-13(2)18(12)20-19(26)22-21-14(3)15-8-5-9-16(10-15)25-11-17(23)24/h4-10H,11H2,1-3H3,(H,23,24)(H2,20,22,26)/p-1/b21-14-. The van der Waals surface area contributed by atoms with Gasteiger partial charge in [-0.3, -0.25) is 5.43 Å². The molecule has 0 spiro atoms. The van der Waals surface area contributed by atoms with Crippen molar-refractivity contribution >= 4 is 34.7 Å². The molecule has 2 rings (SSSR count). The zero-order valence-corrected chi connectivity index (χ0v) is 15.6. The molecular weight excluding hydrogens is 350 g/mol. The summed E-state index contributed by atoms with van der Waals surface area (Å²) in [6.07, 6.45) is 0. The van der Waals surface area contributed by atoms with Crippen LogP contribution in [0, 0.1) is 13.8 Å². The molecule has 0 aliphatic rings. The number of nitrogens with one attached hydrogen (secondary N) is 2. The van der Waals surface area contributed by atoms with Gasteiger partial charge < -0.3 is 20.0 Å². The van der Waals surface area contributed by atoms with E-state index in [1.54, 1.807) is 18.2 Å². The van der Waals surface area contributed by atoms with Gasteiger partial charge in [0.2, 0.25) is 0 Å². The number of thiocarbonyl (C=S) groups is 1. The molecule has 2 N–H and O–H groups in total. The molecule has 7 heteroatoms. The molecule has 0 amide bonds. The van der Waals surface area contributed by atoms with Crippen LogP contribution < -0.4 is 20.6 Å². The lowest BCUT2D eigenvalue weighted by Gasteiger charge is -2.13. The Hall–Kier alpha value is -2.93. The van der Waals surface area contributed by atoms with Gasteiger partial charge in [0, 0.05) is 11.3 Å². The summed E-state index contributed by atoms with van der Waals surface area (Å²) in [6, 6.07) is 13.0. The number of carboxylic acids is 1. The molecule has 26 heavy (non-hydrogen) atoms. The van der Waals surface area contributed by atoms with Crippen molar-refractivity contribution in [1.29, 1.82) is 0 Å². The van der Waals surface area contributed by atoms with Gasteiger partial charge in [-0.05, 0) is 56.2 Å². The van der Waals surface area contributed by atoms with Crippen molar-refractivity contribution in [3.8, 4) is 5.75 Å². The highest BCUT2D eigenvalue weighted by molar-refractivity contribution is 7.80. The molecule has 0 unspecified atom stereocenters. The van der Waals surface area contributed by atoms with Gasteiger partial charge in [0.25, 0.3) is 0 Å². The quantitative estimate of drug-likeness (QED) is 0.460. The minimum absolute atomic E-state index is 0.381. The Morgan fingerprint density at radius 2 is 1.85 bits per heavy atom. The SMILES string of the molecule is C/C(=N/NC(=S)Nc1c(C)cccc1C)c1cccc(OCC(=O)[O-])c1. The molecular formula is C19H20N3O3S-. The van der Waals surface area contributed by atoms with Crippen LogP contribution in [0.25, 0.3) is 0 Å². The Morgan fingerprint density at radius 1 is 1.19 bits per heavy atom. The number of nitrogens with zero attached hydrogens (tertiary/aromatic N) is 1. The smallest absolute Gasteiger partial charge is 0.191 e. The highest BCUT2D eigenvalue weighted by atomic mass is 32.1. The maximum absolute atomic E-state index is 10.5. The number of ether oxygens (including phenoxy) is 1. The lowest BCUT2D eigenvalue weighted by atomic mass is 10.1. The second-order valence-corrected chi connectivity index (χ2v) is 6.13. The van der Waals surface area contributed by atoms with E-state index in [9.17, 15) is 9.90 Å². The van der Waals surface area contributed by atoms with E-state index >= 15 is 0 Å². The normalized spacial score (nSPS) is 11.0. The summed E-state index contributed by atoms with van der Waals surface area (Å²) in [6.45, 7) is 5.32. The van der Waals surface area contributed by atoms with Crippen LogP contribution in [0.1, 0.15) is 23.6 Å². The van der Waals surface area contributed by atoms with Crippen LogP contribution in [-0.4, -0.2) is 23.4 Å². The Kier molecular flexibility index (Phi) is 6.68. The van der Waals surface area contributed by atoms with Crippen LogP contribution >= 0.6 is 12.2 Å². The first-order valence-electron chi connectivity index (χ1n) is 7.97. The van der Waals surface area contributed by atoms with E-state index in [1.165, 1.54) is 0 Å². The summed E-state index contributed by atoms with van der Waals surface area (Å²) in [5.41, 5.74) is 7.41. The lowest BCUT2D eigenvalue weighted by molar-refractivity contribution is -0.307. The first-order chi connectivity index (χ1) is 12.4. The predicted octanol–water partition coefficient (Wildman–Crippen LogP) is 2.14. The van der Waals surface area contributed by atoms with Crippen molar-refractivity contribution in [3.63, 3.8) is 0 Å². The van der Waals surface area contributed by atoms with Crippen LogP contribution in [0.4, 0.5) is 5.69 Å². The molecule has 136 valence electrons. The third kappa shape index (κ3) is 5.56. The summed E-state index contributed by atoms with van der Waals surface area (Å²) in [7, 11) is 0. The molecule has 0 aliphatic heterocycles. The van der Waals surface area contributed by atoms with Crippen LogP contribution in [-0.2, 0) is 4.79 Å². The van der Waals surface area contributed by atoms with Gasteiger partial charge in [0.1, 0.15) is 12.4 Å². The van der Waals surface area contributed by atoms with Crippen molar-refractivity contribution in [2.24, 2.45) is 5.10 Å². The van der Waals surface area contributed by atoms with Gasteiger partial charge in [0.05, 0.1) is 11.7 Å². The largest absolute Gasteiger partial charge is 0.546 e. The molecule has 0 saturated carbocycles. The summed E-state index contributed by atoms with van der Waals surface area (Å²) >= 11 is 5.29. The first-order valence-corrected chi connectivity index (χ1v) is 8.38. The molecule has 2 aromatic carbocycles. The Balaban J connectivity index is 2.02. The number of carbonyl (C=O) groups excluding carboxylic acids is 1. The van der Waals surface area contributed by atoms with Gasteiger partial charge in [-0.1, -0.05) is 30.3 Å². The number of carbonyl (C=O) groups is 1. The predicted molar refractivity (Wildman–Crippen MR) is 104 cm³/mol. The summed E-state index contributed by atoms with van der Waals surface area (Å²) in [5, 5.41) is 18.3.